The van der Waals surface area contributed by atoms with Crippen molar-refractivity contribution in [1.82, 2.24) is 14.8 Å². The largest absolute Gasteiger partial charge is 0.427 e. The first-order chi connectivity index (χ1) is 12.4. The number of aryl methyl sites for hydroxylation is 2. The fourth-order valence-electron chi connectivity index (χ4n) is 3.05. The van der Waals surface area contributed by atoms with E-state index >= 15 is 0 Å². The highest BCUT2D eigenvalue weighted by Gasteiger charge is 2.16. The van der Waals surface area contributed by atoms with Crippen LogP contribution in [-0.4, -0.2) is 20.7 Å². The lowest BCUT2D eigenvalue weighted by molar-refractivity contribution is -0.134. The minimum absolute atomic E-state index is 0.249. The fourth-order valence-corrected chi connectivity index (χ4v) is 3.18. The van der Waals surface area contributed by atoms with Gasteiger partial charge in [-0.2, -0.15) is 5.10 Å². The van der Waals surface area contributed by atoms with Gasteiger partial charge in [0.1, 0.15) is 5.75 Å². The summed E-state index contributed by atoms with van der Waals surface area (Å²) in [7, 11) is 0. The van der Waals surface area contributed by atoms with E-state index in [4.69, 9.17) is 21.3 Å². The average molecular weight is 372 g/mol. The van der Waals surface area contributed by atoms with Gasteiger partial charge in [0, 0.05) is 22.1 Å². The molecule has 2 heterocycles. The van der Waals surface area contributed by atoms with E-state index in [1.165, 1.54) is 0 Å². The average Bonchev–Trinajstić information content (AvgIpc) is 3.01. The predicted octanol–water partition coefficient (Wildman–Crippen LogP) is 4.82. The van der Waals surface area contributed by atoms with Gasteiger partial charge in [-0.05, 0) is 69.5 Å². The number of esters is 1. The van der Waals surface area contributed by atoms with Gasteiger partial charge in [-0.1, -0.05) is 11.6 Å². The van der Waals surface area contributed by atoms with Crippen LogP contribution in [0.15, 0.2) is 30.5 Å². The summed E-state index contributed by atoms with van der Waals surface area (Å²) in [5.41, 5.74) is 4.02. The lowest BCUT2D eigenvalue weighted by atomic mass is 10.0. The molecule has 0 saturated carbocycles. The van der Waals surface area contributed by atoms with Gasteiger partial charge in [0.05, 0.1) is 12.6 Å². The summed E-state index contributed by atoms with van der Waals surface area (Å²) in [5, 5.41) is 6.09. The van der Waals surface area contributed by atoms with E-state index in [-0.39, 0.29) is 18.4 Å². The van der Waals surface area contributed by atoms with Gasteiger partial charge in [-0.15, -0.1) is 0 Å². The quantitative estimate of drug-likeness (QED) is 0.476. The Hall–Kier alpha value is -2.40. The molecule has 3 rings (SSSR count). The van der Waals surface area contributed by atoms with Gasteiger partial charge in [0.25, 0.3) is 0 Å². The molecule has 0 fully saturated rings. The number of fused-ring (bicyclic) bond motifs is 1. The minimum atomic E-state index is -0.274. The number of rotatable bonds is 5. The van der Waals surface area contributed by atoms with Crippen molar-refractivity contribution in [3.05, 3.63) is 52.3 Å². The van der Waals surface area contributed by atoms with Crippen molar-refractivity contribution in [3.8, 4) is 5.75 Å². The van der Waals surface area contributed by atoms with Gasteiger partial charge < -0.3 is 4.74 Å². The molecule has 0 atom stereocenters. The van der Waals surface area contributed by atoms with Crippen LogP contribution in [0.1, 0.15) is 43.1 Å². The smallest absolute Gasteiger partial charge is 0.311 e. The Bertz CT molecular complexity index is 946. The normalized spacial score (nSPS) is 11.3. The molecule has 2 aromatic heterocycles. The Balaban J connectivity index is 1.76. The number of pyridine rings is 1. The van der Waals surface area contributed by atoms with Gasteiger partial charge in [-0.25, -0.2) is 9.67 Å². The zero-order valence-corrected chi connectivity index (χ0v) is 16.2. The number of hydrogen-bond donors (Lipinski definition) is 0. The lowest BCUT2D eigenvalue weighted by Gasteiger charge is -2.12. The van der Waals surface area contributed by atoms with Crippen molar-refractivity contribution < 1.29 is 9.53 Å². The molecule has 0 aliphatic heterocycles. The molecule has 0 aliphatic rings. The molecule has 3 aromatic rings. The molecular formula is C20H22ClN3O2. The van der Waals surface area contributed by atoms with Gasteiger partial charge >= 0.3 is 5.97 Å². The maximum atomic E-state index is 12.2. The predicted molar refractivity (Wildman–Crippen MR) is 103 cm³/mol. The zero-order chi connectivity index (χ0) is 18.8. The van der Waals surface area contributed by atoms with Crippen LogP contribution in [0, 0.1) is 13.8 Å². The highest BCUT2D eigenvalue weighted by Crippen LogP contribution is 2.25. The molecule has 6 heteroatoms. The highest BCUT2D eigenvalue weighted by molar-refractivity contribution is 6.30. The molecule has 0 spiro atoms. The Morgan fingerprint density at radius 2 is 1.92 bits per heavy atom. The summed E-state index contributed by atoms with van der Waals surface area (Å²) in [6, 6.07) is 7.01. The number of carbonyl (C=O) groups is 1. The molecule has 1 aromatic carbocycles. The topological polar surface area (TPSA) is 57.0 Å². The van der Waals surface area contributed by atoms with Crippen molar-refractivity contribution in [2.45, 2.75) is 46.6 Å². The molecule has 5 nitrogen and oxygen atoms in total. The maximum absolute atomic E-state index is 12.2. The summed E-state index contributed by atoms with van der Waals surface area (Å²) in [5.74, 6) is 0.226. The van der Waals surface area contributed by atoms with Gasteiger partial charge in [0.2, 0.25) is 0 Å². The second kappa shape index (κ2) is 7.46. The summed E-state index contributed by atoms with van der Waals surface area (Å²) in [6.07, 6.45) is 2.72. The van der Waals surface area contributed by atoms with E-state index in [9.17, 15) is 4.79 Å². The third-order valence-electron chi connectivity index (χ3n) is 4.45. The van der Waals surface area contributed by atoms with Gasteiger partial charge in [-0.3, -0.25) is 4.79 Å². The van der Waals surface area contributed by atoms with E-state index in [0.717, 1.165) is 27.9 Å². The Morgan fingerprint density at radius 3 is 2.58 bits per heavy atom. The monoisotopic (exact) mass is 371 g/mol. The van der Waals surface area contributed by atoms with Crippen molar-refractivity contribution in [3.63, 3.8) is 0 Å². The number of aromatic nitrogens is 3. The molecule has 0 saturated heterocycles. The van der Waals surface area contributed by atoms with Crippen LogP contribution < -0.4 is 4.74 Å². The Labute approximate surface area is 157 Å². The maximum Gasteiger partial charge on any atom is 0.311 e. The molecule has 0 bridgehead atoms. The third kappa shape index (κ3) is 3.73. The first kappa shape index (κ1) is 18.4. The molecular weight excluding hydrogens is 350 g/mol. The number of nitrogens with zero attached hydrogens (tertiary/aromatic N) is 3. The second-order valence-corrected chi connectivity index (χ2v) is 7.09. The second-order valence-electron chi connectivity index (χ2n) is 6.65. The molecule has 0 amide bonds. The zero-order valence-electron chi connectivity index (χ0n) is 15.4. The standard InChI is InChI=1S/C20H22ClN3O2/c1-12(2)24-20-18(11-22-24)13(3)17(14(4)23-20)9-10-19(25)26-16-7-5-15(21)6-8-16/h5-8,11-12H,9-10H2,1-4H3. The molecule has 0 N–H and O–H groups in total. The van der Waals surface area contributed by atoms with Crippen molar-refractivity contribution in [1.29, 1.82) is 0 Å². The van der Waals surface area contributed by atoms with Crippen LogP contribution in [0.25, 0.3) is 11.0 Å². The number of ether oxygens (including phenoxy) is 1. The number of benzene rings is 1. The molecule has 136 valence electrons. The van der Waals surface area contributed by atoms with Crippen molar-refractivity contribution in [2.24, 2.45) is 0 Å². The number of halogens is 1. The first-order valence-corrected chi connectivity index (χ1v) is 9.04. The van der Waals surface area contributed by atoms with Crippen LogP contribution in [0.4, 0.5) is 0 Å². The van der Waals surface area contributed by atoms with E-state index in [0.29, 0.717) is 17.2 Å². The molecule has 0 unspecified atom stereocenters. The summed E-state index contributed by atoms with van der Waals surface area (Å²) < 4.78 is 7.28. The number of carbonyl (C=O) groups excluding carboxylic acids is 1. The van der Waals surface area contributed by atoms with E-state index in [1.807, 2.05) is 17.8 Å². The van der Waals surface area contributed by atoms with E-state index < -0.39 is 0 Å². The van der Waals surface area contributed by atoms with E-state index in [1.54, 1.807) is 24.3 Å². The third-order valence-corrected chi connectivity index (χ3v) is 4.70. The molecule has 0 aliphatic carbocycles. The van der Waals surface area contributed by atoms with Crippen LogP contribution in [0.3, 0.4) is 0 Å². The molecule has 26 heavy (non-hydrogen) atoms. The van der Waals surface area contributed by atoms with Crippen molar-refractivity contribution >= 4 is 28.6 Å². The summed E-state index contributed by atoms with van der Waals surface area (Å²) in [4.78, 5) is 16.9. The van der Waals surface area contributed by atoms with Crippen LogP contribution >= 0.6 is 11.6 Å². The molecule has 0 radical (unpaired) electrons. The summed E-state index contributed by atoms with van der Waals surface area (Å²) >= 11 is 5.84. The highest BCUT2D eigenvalue weighted by atomic mass is 35.5. The SMILES string of the molecule is Cc1nc2c(cnn2C(C)C)c(C)c1CCC(=O)Oc1ccc(Cl)cc1. The first-order valence-electron chi connectivity index (χ1n) is 8.66. The lowest BCUT2D eigenvalue weighted by Crippen LogP contribution is -2.11. The fraction of sp³-hybridized carbons (Fsp3) is 0.350. The van der Waals surface area contributed by atoms with E-state index in [2.05, 4.69) is 25.9 Å². The van der Waals surface area contributed by atoms with Crippen LogP contribution in [0.2, 0.25) is 5.02 Å². The number of hydrogen-bond acceptors (Lipinski definition) is 4. The Morgan fingerprint density at radius 1 is 1.23 bits per heavy atom. The Kier molecular flexibility index (Phi) is 5.28. The van der Waals surface area contributed by atoms with Gasteiger partial charge in [0.15, 0.2) is 5.65 Å². The van der Waals surface area contributed by atoms with Crippen molar-refractivity contribution in [2.75, 3.05) is 0 Å². The van der Waals surface area contributed by atoms with Crippen LogP contribution in [-0.2, 0) is 11.2 Å². The summed E-state index contributed by atoms with van der Waals surface area (Å²) in [6.45, 7) is 8.20. The minimum Gasteiger partial charge on any atom is -0.427 e. The van der Waals surface area contributed by atoms with Crippen LogP contribution in [0.5, 0.6) is 5.75 Å².